The lowest BCUT2D eigenvalue weighted by Crippen LogP contribution is -2.33. The molecule has 0 N–H and O–H groups in total. The number of hydrogen-bond donors (Lipinski definition) is 0. The van der Waals surface area contributed by atoms with Crippen molar-refractivity contribution in [1.29, 1.82) is 0 Å². The number of hydrogen-bond acceptors (Lipinski definition) is 4. The summed E-state index contributed by atoms with van der Waals surface area (Å²) in [5.41, 5.74) is 3.20. The van der Waals surface area contributed by atoms with Crippen LogP contribution in [0.2, 0.25) is 0 Å². The van der Waals surface area contributed by atoms with Gasteiger partial charge >= 0.3 is 5.97 Å². The minimum Gasteiger partial charge on any atom is -0.468 e. The van der Waals surface area contributed by atoms with Crippen molar-refractivity contribution in [1.82, 2.24) is 0 Å². The Balaban J connectivity index is 1.94. The largest absolute Gasteiger partial charge is 0.468 e. The van der Waals surface area contributed by atoms with Crippen molar-refractivity contribution in [3.8, 4) is 0 Å². The minimum absolute atomic E-state index is 0.126. The standard InChI is InChI=1S/C21H23NO2S/c1-24-20(23)21(25-2)14-13-18(15-21)22-19(16-9-5-3-6-10-16)17-11-7-4-8-12-17/h3-12,18H,13-15H2,1-2H3. The third-order valence-electron chi connectivity index (χ3n) is 4.80. The fourth-order valence-electron chi connectivity index (χ4n) is 3.43. The van der Waals surface area contributed by atoms with Crippen LogP contribution >= 0.6 is 11.8 Å². The Kier molecular flexibility index (Phi) is 5.59. The summed E-state index contributed by atoms with van der Waals surface area (Å²) in [5, 5.41) is 0. The fourth-order valence-corrected chi connectivity index (χ4v) is 4.36. The van der Waals surface area contributed by atoms with Crippen molar-refractivity contribution in [2.45, 2.75) is 30.1 Å². The summed E-state index contributed by atoms with van der Waals surface area (Å²) in [6, 6.07) is 20.6. The van der Waals surface area contributed by atoms with Crippen LogP contribution in [-0.2, 0) is 9.53 Å². The number of methoxy groups -OCH3 is 1. The van der Waals surface area contributed by atoms with E-state index in [0.717, 1.165) is 36.1 Å². The lowest BCUT2D eigenvalue weighted by molar-refractivity contribution is -0.143. The summed E-state index contributed by atoms with van der Waals surface area (Å²) in [4.78, 5) is 17.3. The number of esters is 1. The molecule has 1 aliphatic carbocycles. The predicted molar refractivity (Wildman–Crippen MR) is 104 cm³/mol. The van der Waals surface area contributed by atoms with Gasteiger partial charge in [-0.15, -0.1) is 11.8 Å². The second-order valence-corrected chi connectivity index (χ2v) is 7.49. The molecule has 4 heteroatoms. The number of ether oxygens (including phenoxy) is 1. The van der Waals surface area contributed by atoms with E-state index in [1.54, 1.807) is 11.8 Å². The van der Waals surface area contributed by atoms with Crippen LogP contribution in [0.25, 0.3) is 0 Å². The number of carbonyl (C=O) groups excluding carboxylic acids is 1. The van der Waals surface area contributed by atoms with Crippen LogP contribution in [-0.4, -0.2) is 35.8 Å². The molecule has 0 spiro atoms. The first-order valence-electron chi connectivity index (χ1n) is 8.51. The molecule has 0 amide bonds. The van der Waals surface area contributed by atoms with Gasteiger partial charge in [0, 0.05) is 11.1 Å². The van der Waals surface area contributed by atoms with E-state index in [4.69, 9.17) is 9.73 Å². The van der Waals surface area contributed by atoms with Gasteiger partial charge in [0.25, 0.3) is 0 Å². The number of rotatable bonds is 5. The summed E-state index contributed by atoms with van der Waals surface area (Å²) >= 11 is 1.59. The van der Waals surface area contributed by atoms with Crippen molar-refractivity contribution < 1.29 is 9.53 Å². The van der Waals surface area contributed by atoms with Crippen LogP contribution < -0.4 is 0 Å². The van der Waals surface area contributed by atoms with Gasteiger partial charge in [0.15, 0.2) is 0 Å². The van der Waals surface area contributed by atoms with Gasteiger partial charge in [0.1, 0.15) is 4.75 Å². The second kappa shape index (κ2) is 7.87. The summed E-state index contributed by atoms with van der Waals surface area (Å²) in [5.74, 6) is -0.126. The van der Waals surface area contributed by atoms with Gasteiger partial charge in [0.2, 0.25) is 0 Å². The Morgan fingerprint density at radius 1 is 1.08 bits per heavy atom. The Hall–Kier alpha value is -2.07. The second-order valence-electron chi connectivity index (χ2n) is 6.30. The smallest absolute Gasteiger partial charge is 0.321 e. The van der Waals surface area contributed by atoms with E-state index in [0.29, 0.717) is 0 Å². The first kappa shape index (κ1) is 17.7. The maximum Gasteiger partial charge on any atom is 0.321 e. The molecule has 0 aromatic heterocycles. The highest BCUT2D eigenvalue weighted by Crippen LogP contribution is 2.42. The zero-order chi connectivity index (χ0) is 17.7. The van der Waals surface area contributed by atoms with E-state index in [1.807, 2.05) is 42.7 Å². The van der Waals surface area contributed by atoms with E-state index in [1.165, 1.54) is 7.11 Å². The topological polar surface area (TPSA) is 38.7 Å². The van der Waals surface area contributed by atoms with Gasteiger partial charge in [-0.1, -0.05) is 60.7 Å². The Labute approximate surface area is 153 Å². The zero-order valence-corrected chi connectivity index (χ0v) is 15.5. The maximum absolute atomic E-state index is 12.2. The average molecular weight is 353 g/mol. The molecule has 1 fully saturated rings. The van der Waals surface area contributed by atoms with Crippen LogP contribution in [0.5, 0.6) is 0 Å². The van der Waals surface area contributed by atoms with Crippen molar-refractivity contribution >= 4 is 23.4 Å². The van der Waals surface area contributed by atoms with Crippen molar-refractivity contribution in [2.24, 2.45) is 4.99 Å². The van der Waals surface area contributed by atoms with E-state index >= 15 is 0 Å². The molecule has 1 aliphatic rings. The first-order valence-corrected chi connectivity index (χ1v) is 9.73. The highest BCUT2D eigenvalue weighted by atomic mass is 32.2. The van der Waals surface area contributed by atoms with Crippen LogP contribution in [0, 0.1) is 0 Å². The van der Waals surface area contributed by atoms with Gasteiger partial charge < -0.3 is 4.74 Å². The number of nitrogens with zero attached hydrogens (tertiary/aromatic N) is 1. The molecule has 3 rings (SSSR count). The number of benzene rings is 2. The van der Waals surface area contributed by atoms with Crippen LogP contribution in [0.3, 0.4) is 0 Å². The number of carbonyl (C=O) groups is 1. The monoisotopic (exact) mass is 353 g/mol. The third kappa shape index (κ3) is 3.79. The molecule has 3 nitrogen and oxygen atoms in total. The highest BCUT2D eigenvalue weighted by molar-refractivity contribution is 8.00. The molecule has 2 aromatic rings. The van der Waals surface area contributed by atoms with E-state index in [2.05, 4.69) is 24.3 Å². The van der Waals surface area contributed by atoms with Crippen LogP contribution in [0.4, 0.5) is 0 Å². The SMILES string of the molecule is COC(=O)C1(SC)CCC(N=C(c2ccccc2)c2ccccc2)C1. The third-order valence-corrected chi connectivity index (χ3v) is 6.12. The van der Waals surface area contributed by atoms with Gasteiger partial charge in [-0.25, -0.2) is 0 Å². The molecule has 130 valence electrons. The number of aliphatic imine (C=N–C) groups is 1. The van der Waals surface area contributed by atoms with E-state index in [9.17, 15) is 4.79 Å². The summed E-state index contributed by atoms with van der Waals surface area (Å²) < 4.78 is 4.59. The normalized spacial score (nSPS) is 22.4. The Morgan fingerprint density at radius 3 is 2.12 bits per heavy atom. The minimum atomic E-state index is -0.457. The summed E-state index contributed by atoms with van der Waals surface area (Å²) in [6.07, 6.45) is 4.42. The summed E-state index contributed by atoms with van der Waals surface area (Å²) in [6.45, 7) is 0. The zero-order valence-electron chi connectivity index (χ0n) is 14.6. The van der Waals surface area contributed by atoms with E-state index < -0.39 is 4.75 Å². The molecule has 0 bridgehead atoms. The summed E-state index contributed by atoms with van der Waals surface area (Å²) in [7, 11) is 1.47. The maximum atomic E-state index is 12.2. The fraction of sp³-hybridized carbons (Fsp3) is 0.333. The molecular weight excluding hydrogens is 330 g/mol. The highest BCUT2D eigenvalue weighted by Gasteiger charge is 2.46. The molecule has 0 aliphatic heterocycles. The van der Waals surface area contributed by atoms with Crippen LogP contribution in [0.15, 0.2) is 65.7 Å². The van der Waals surface area contributed by atoms with E-state index in [-0.39, 0.29) is 12.0 Å². The van der Waals surface area contributed by atoms with Gasteiger partial charge in [-0.3, -0.25) is 9.79 Å². The molecule has 0 radical (unpaired) electrons. The van der Waals surface area contributed by atoms with Gasteiger partial charge in [-0.2, -0.15) is 0 Å². The van der Waals surface area contributed by atoms with Crippen LogP contribution in [0.1, 0.15) is 30.4 Å². The molecule has 0 heterocycles. The van der Waals surface area contributed by atoms with Crippen molar-refractivity contribution in [3.05, 3.63) is 71.8 Å². The van der Waals surface area contributed by atoms with Gasteiger partial charge in [0.05, 0.1) is 18.9 Å². The molecular formula is C21H23NO2S. The lowest BCUT2D eigenvalue weighted by Gasteiger charge is -2.23. The Morgan fingerprint density at radius 2 is 1.64 bits per heavy atom. The predicted octanol–water partition coefficient (Wildman–Crippen LogP) is 4.35. The Bertz CT molecular complexity index is 704. The number of thioether (sulfide) groups is 1. The molecule has 25 heavy (non-hydrogen) atoms. The molecule has 1 saturated carbocycles. The van der Waals surface area contributed by atoms with Crippen molar-refractivity contribution in [3.63, 3.8) is 0 Å². The molecule has 2 atom stereocenters. The molecule has 2 unspecified atom stereocenters. The lowest BCUT2D eigenvalue weighted by atomic mass is 10.0. The molecule has 0 saturated heterocycles. The van der Waals surface area contributed by atoms with Crippen molar-refractivity contribution in [2.75, 3.05) is 13.4 Å². The average Bonchev–Trinajstić information content (AvgIpc) is 3.11. The molecule has 2 aromatic carbocycles. The van der Waals surface area contributed by atoms with Gasteiger partial charge in [-0.05, 0) is 25.5 Å². The first-order chi connectivity index (χ1) is 12.2. The quantitative estimate of drug-likeness (QED) is 0.592.